The Morgan fingerprint density at radius 3 is 2.32 bits per heavy atom. The number of anilines is 1. The van der Waals surface area contributed by atoms with E-state index in [-0.39, 0.29) is 23.2 Å². The van der Waals surface area contributed by atoms with Gasteiger partial charge in [0.25, 0.3) is 0 Å². The number of carbonyl (C=O) groups excluding carboxylic acids is 1. The first-order chi connectivity index (χ1) is 15.6. The Morgan fingerprint density at radius 1 is 1.09 bits per heavy atom. The summed E-state index contributed by atoms with van der Waals surface area (Å²) < 4.78 is 24.8. The van der Waals surface area contributed by atoms with Crippen molar-refractivity contribution < 1.29 is 13.2 Å². The summed E-state index contributed by atoms with van der Waals surface area (Å²) in [5, 5.41) is 1.25. The number of amides is 1. The SMILES string of the molecule is CN(C)CCN(C(=O)C1(c2ccc(Cl)cc2)CCCC1)c1nc2ccc(S(C)(=O)=O)cc2s1.Cl. The van der Waals surface area contributed by atoms with E-state index < -0.39 is 15.3 Å². The molecule has 0 aliphatic heterocycles. The molecule has 1 aliphatic carbocycles. The van der Waals surface area contributed by atoms with Crippen LogP contribution in [0.25, 0.3) is 10.2 Å². The van der Waals surface area contributed by atoms with Gasteiger partial charge in [0, 0.05) is 24.4 Å². The van der Waals surface area contributed by atoms with Crippen molar-refractivity contribution in [1.29, 1.82) is 0 Å². The number of sulfone groups is 1. The summed E-state index contributed by atoms with van der Waals surface area (Å²) >= 11 is 7.48. The predicted molar refractivity (Wildman–Crippen MR) is 142 cm³/mol. The minimum Gasteiger partial charge on any atom is -0.308 e. The number of rotatable bonds is 7. The van der Waals surface area contributed by atoms with Crippen LogP contribution in [0.5, 0.6) is 0 Å². The second-order valence-corrected chi connectivity index (χ2v) is 12.4. The number of benzene rings is 2. The summed E-state index contributed by atoms with van der Waals surface area (Å²) in [4.78, 5) is 23.0. The lowest BCUT2D eigenvalue weighted by molar-refractivity contribution is -0.124. The number of carbonyl (C=O) groups is 1. The number of nitrogens with zero attached hydrogens (tertiary/aromatic N) is 3. The number of halogens is 2. The van der Waals surface area contributed by atoms with Crippen molar-refractivity contribution in [1.82, 2.24) is 9.88 Å². The third kappa shape index (κ3) is 5.41. The van der Waals surface area contributed by atoms with Gasteiger partial charge < -0.3 is 4.90 Å². The molecule has 0 unspecified atom stereocenters. The van der Waals surface area contributed by atoms with Crippen molar-refractivity contribution in [2.75, 3.05) is 38.3 Å². The van der Waals surface area contributed by atoms with Crippen LogP contribution in [0.3, 0.4) is 0 Å². The molecule has 184 valence electrons. The van der Waals surface area contributed by atoms with Gasteiger partial charge >= 0.3 is 0 Å². The number of likely N-dealkylation sites (N-methyl/N-ethyl adjacent to an activating group) is 1. The second kappa shape index (κ2) is 10.5. The minimum absolute atomic E-state index is 0. The van der Waals surface area contributed by atoms with Crippen LogP contribution in [-0.4, -0.2) is 57.6 Å². The molecule has 0 bridgehead atoms. The average Bonchev–Trinajstić information content (AvgIpc) is 3.41. The summed E-state index contributed by atoms with van der Waals surface area (Å²) in [7, 11) is 0.628. The van der Waals surface area contributed by atoms with Gasteiger partial charge in [-0.15, -0.1) is 12.4 Å². The zero-order chi connectivity index (χ0) is 23.8. The van der Waals surface area contributed by atoms with Gasteiger partial charge in [0.1, 0.15) is 0 Å². The molecule has 3 aromatic rings. The van der Waals surface area contributed by atoms with Crippen LogP contribution in [0, 0.1) is 0 Å². The fourth-order valence-electron chi connectivity index (χ4n) is 4.45. The van der Waals surface area contributed by atoms with E-state index in [1.807, 2.05) is 43.3 Å². The zero-order valence-corrected chi connectivity index (χ0v) is 22.7. The van der Waals surface area contributed by atoms with E-state index in [4.69, 9.17) is 16.6 Å². The highest BCUT2D eigenvalue weighted by Gasteiger charge is 2.45. The maximum Gasteiger partial charge on any atom is 0.239 e. The van der Waals surface area contributed by atoms with Crippen LogP contribution in [-0.2, 0) is 20.0 Å². The third-order valence-corrected chi connectivity index (χ3v) is 8.69. The smallest absolute Gasteiger partial charge is 0.239 e. The number of hydrogen-bond donors (Lipinski definition) is 0. The standard InChI is InChI=1S/C24H28ClN3O3S2.ClH/c1-27(2)14-15-28(23-26-20-11-10-19(33(3,30)31)16-21(20)32-23)22(29)24(12-4-5-13-24)17-6-8-18(25)9-7-17;/h6-11,16H,4-5,12-15H2,1-3H3;1H. The molecular formula is C24H29Cl2N3O3S2. The monoisotopic (exact) mass is 541 g/mol. The number of fused-ring (bicyclic) bond motifs is 1. The second-order valence-electron chi connectivity index (χ2n) is 8.95. The van der Waals surface area contributed by atoms with Gasteiger partial charge in [-0.1, -0.05) is 47.9 Å². The number of thiazole rings is 1. The fraction of sp³-hybridized carbons (Fsp3) is 0.417. The average molecular weight is 543 g/mol. The Labute approximate surface area is 216 Å². The molecule has 1 amide bonds. The summed E-state index contributed by atoms with van der Waals surface area (Å²) in [6.07, 6.45) is 4.75. The molecular weight excluding hydrogens is 513 g/mol. The first-order valence-corrected chi connectivity index (χ1v) is 14.0. The van der Waals surface area contributed by atoms with Crippen LogP contribution in [0.15, 0.2) is 47.4 Å². The van der Waals surface area contributed by atoms with Gasteiger partial charge in [-0.3, -0.25) is 9.69 Å². The minimum atomic E-state index is -3.32. The maximum absolute atomic E-state index is 14.2. The first kappa shape index (κ1) is 26.9. The third-order valence-electron chi connectivity index (χ3n) is 6.29. The molecule has 1 fully saturated rings. The molecule has 4 rings (SSSR count). The molecule has 6 nitrogen and oxygen atoms in total. The Bertz CT molecular complexity index is 1270. The summed E-state index contributed by atoms with van der Waals surface area (Å²) in [5.74, 6) is 0.0477. The van der Waals surface area contributed by atoms with E-state index in [0.717, 1.165) is 35.9 Å². The highest BCUT2D eigenvalue weighted by atomic mass is 35.5. The van der Waals surface area contributed by atoms with Crippen molar-refractivity contribution in [3.63, 3.8) is 0 Å². The lowest BCUT2D eigenvalue weighted by atomic mass is 9.77. The molecule has 1 aromatic heterocycles. The van der Waals surface area contributed by atoms with Crippen molar-refractivity contribution in [2.24, 2.45) is 0 Å². The largest absolute Gasteiger partial charge is 0.308 e. The maximum atomic E-state index is 14.2. The molecule has 0 spiro atoms. The normalized spacial score (nSPS) is 15.4. The number of hydrogen-bond acceptors (Lipinski definition) is 6. The van der Waals surface area contributed by atoms with Crippen molar-refractivity contribution in [3.05, 3.63) is 53.1 Å². The zero-order valence-electron chi connectivity index (χ0n) is 19.5. The molecule has 2 aromatic carbocycles. The topological polar surface area (TPSA) is 70.6 Å². The lowest BCUT2D eigenvalue weighted by Crippen LogP contribution is -2.47. The van der Waals surface area contributed by atoms with Crippen LogP contribution < -0.4 is 4.90 Å². The van der Waals surface area contributed by atoms with Gasteiger partial charge in [-0.25, -0.2) is 13.4 Å². The first-order valence-electron chi connectivity index (χ1n) is 10.9. The summed E-state index contributed by atoms with van der Waals surface area (Å²) in [6.45, 7) is 1.19. The van der Waals surface area contributed by atoms with E-state index in [1.165, 1.54) is 17.6 Å². The van der Waals surface area contributed by atoms with Crippen LogP contribution in [0.2, 0.25) is 5.02 Å². The lowest BCUT2D eigenvalue weighted by Gasteiger charge is -2.34. The number of aromatic nitrogens is 1. The molecule has 1 heterocycles. The molecule has 0 N–H and O–H groups in total. The molecule has 0 radical (unpaired) electrons. The highest BCUT2D eigenvalue weighted by Crippen LogP contribution is 2.44. The Balaban J connectivity index is 0.00000324. The van der Waals surface area contributed by atoms with Gasteiger partial charge in [-0.2, -0.15) is 0 Å². The van der Waals surface area contributed by atoms with Crippen LogP contribution >= 0.6 is 35.3 Å². The van der Waals surface area contributed by atoms with Gasteiger partial charge in [0.2, 0.25) is 5.91 Å². The van der Waals surface area contributed by atoms with Gasteiger partial charge in [-0.05, 0) is 62.8 Å². The van der Waals surface area contributed by atoms with Gasteiger partial charge in [0.05, 0.1) is 20.5 Å². The van der Waals surface area contributed by atoms with E-state index >= 15 is 0 Å². The molecule has 1 aliphatic rings. The van der Waals surface area contributed by atoms with E-state index in [2.05, 4.69) is 0 Å². The highest BCUT2D eigenvalue weighted by molar-refractivity contribution is 7.90. The van der Waals surface area contributed by atoms with Crippen LogP contribution in [0.4, 0.5) is 5.13 Å². The van der Waals surface area contributed by atoms with Gasteiger partial charge in [0.15, 0.2) is 15.0 Å². The van der Waals surface area contributed by atoms with E-state index in [1.54, 1.807) is 23.1 Å². The molecule has 0 saturated heterocycles. The van der Waals surface area contributed by atoms with Crippen molar-refractivity contribution in [3.8, 4) is 0 Å². The summed E-state index contributed by atoms with van der Waals surface area (Å²) in [5.41, 5.74) is 1.08. The summed E-state index contributed by atoms with van der Waals surface area (Å²) in [6, 6.07) is 12.5. The molecule has 0 atom stereocenters. The van der Waals surface area contributed by atoms with Crippen molar-refractivity contribution >= 4 is 66.4 Å². The fourth-order valence-corrected chi connectivity index (χ4v) is 6.33. The predicted octanol–water partition coefficient (Wildman–Crippen LogP) is 5.18. The molecule has 34 heavy (non-hydrogen) atoms. The van der Waals surface area contributed by atoms with E-state index in [0.29, 0.717) is 28.8 Å². The quantitative estimate of drug-likeness (QED) is 0.412. The molecule has 10 heteroatoms. The molecule has 1 saturated carbocycles. The van der Waals surface area contributed by atoms with Crippen LogP contribution in [0.1, 0.15) is 31.2 Å². The Kier molecular flexibility index (Phi) is 8.30. The Hall–Kier alpha value is -1.71. The van der Waals surface area contributed by atoms with E-state index in [9.17, 15) is 13.2 Å². The Morgan fingerprint density at radius 2 is 1.74 bits per heavy atom. The van der Waals surface area contributed by atoms with Crippen molar-refractivity contribution in [2.45, 2.75) is 36.0 Å².